The van der Waals surface area contributed by atoms with Gasteiger partial charge in [-0.2, -0.15) is 0 Å². The van der Waals surface area contributed by atoms with E-state index in [1.807, 2.05) is 13.0 Å². The van der Waals surface area contributed by atoms with Gasteiger partial charge < -0.3 is 10.1 Å². The summed E-state index contributed by atoms with van der Waals surface area (Å²) in [5.41, 5.74) is 1.63. The highest BCUT2D eigenvalue weighted by Gasteiger charge is 2.16. The van der Waals surface area contributed by atoms with Crippen molar-refractivity contribution >= 4 is 11.4 Å². The molecule has 1 N–H and O–H groups in total. The third kappa shape index (κ3) is 3.03. The number of hydrogen-bond donors (Lipinski definition) is 1. The fraction of sp³-hybridized carbons (Fsp3) is 0.214. The summed E-state index contributed by atoms with van der Waals surface area (Å²) < 4.78 is 5.57. The van der Waals surface area contributed by atoms with Crippen LogP contribution in [0.2, 0.25) is 0 Å². The number of nitro benzene ring substituents is 1. The van der Waals surface area contributed by atoms with Gasteiger partial charge in [-0.05, 0) is 18.1 Å². The number of aromatic nitrogens is 1. The van der Waals surface area contributed by atoms with Crippen molar-refractivity contribution in [3.8, 4) is 11.5 Å². The van der Waals surface area contributed by atoms with Gasteiger partial charge in [0.2, 0.25) is 5.75 Å². The second-order valence-corrected chi connectivity index (χ2v) is 4.17. The van der Waals surface area contributed by atoms with Gasteiger partial charge in [-0.25, -0.2) is 0 Å². The Morgan fingerprint density at radius 2 is 2.15 bits per heavy atom. The molecule has 0 bridgehead atoms. The smallest absolute Gasteiger partial charge is 0.311 e. The Morgan fingerprint density at radius 1 is 1.35 bits per heavy atom. The first kappa shape index (κ1) is 13.8. The molecule has 2 aromatic rings. The predicted octanol–water partition coefficient (Wildman–Crippen LogP) is 3.39. The van der Waals surface area contributed by atoms with Crippen LogP contribution in [-0.2, 0) is 6.42 Å². The summed E-state index contributed by atoms with van der Waals surface area (Å²) in [7, 11) is 1.76. The van der Waals surface area contributed by atoms with E-state index < -0.39 is 4.92 Å². The first-order valence-electron chi connectivity index (χ1n) is 6.22. The lowest BCUT2D eigenvalue weighted by atomic mass is 10.1. The summed E-state index contributed by atoms with van der Waals surface area (Å²) in [6.45, 7) is 1.94. The molecular formula is C14H15N3O3. The van der Waals surface area contributed by atoms with Crippen LogP contribution in [-0.4, -0.2) is 17.0 Å². The van der Waals surface area contributed by atoms with Crippen LogP contribution in [0.25, 0.3) is 0 Å². The molecule has 0 aliphatic rings. The van der Waals surface area contributed by atoms with Gasteiger partial charge in [0.1, 0.15) is 5.75 Å². The van der Waals surface area contributed by atoms with Crippen LogP contribution in [0.5, 0.6) is 11.5 Å². The molecular weight excluding hydrogens is 258 g/mol. The molecule has 0 radical (unpaired) electrons. The standard InChI is InChI=1S/C14H15N3O3/c1-3-10-4-5-14(13(6-10)17(18)19)20-12-7-11(15-2)8-16-9-12/h4-9,15H,3H2,1-2H3. The normalized spacial score (nSPS) is 10.1. The molecule has 0 atom stereocenters. The Labute approximate surface area is 116 Å². The summed E-state index contributed by atoms with van der Waals surface area (Å²) in [6, 6.07) is 6.69. The molecule has 0 spiro atoms. The highest BCUT2D eigenvalue weighted by atomic mass is 16.6. The summed E-state index contributed by atoms with van der Waals surface area (Å²) in [4.78, 5) is 14.7. The van der Waals surface area contributed by atoms with Gasteiger partial charge in [0.05, 0.1) is 23.0 Å². The van der Waals surface area contributed by atoms with Crippen molar-refractivity contribution in [2.75, 3.05) is 12.4 Å². The molecule has 1 aromatic heterocycles. The van der Waals surface area contributed by atoms with Crippen molar-refractivity contribution in [1.82, 2.24) is 4.98 Å². The Balaban J connectivity index is 2.34. The number of nitro groups is 1. The van der Waals surface area contributed by atoms with E-state index in [2.05, 4.69) is 10.3 Å². The quantitative estimate of drug-likeness (QED) is 0.667. The average molecular weight is 273 g/mol. The Hall–Kier alpha value is -2.63. The Morgan fingerprint density at radius 3 is 2.80 bits per heavy atom. The Bertz CT molecular complexity index is 629. The minimum absolute atomic E-state index is 0.0424. The number of ether oxygens (including phenoxy) is 1. The summed E-state index contributed by atoms with van der Waals surface area (Å²) >= 11 is 0. The lowest BCUT2D eigenvalue weighted by molar-refractivity contribution is -0.385. The van der Waals surface area contributed by atoms with E-state index in [1.165, 1.54) is 12.3 Å². The van der Waals surface area contributed by atoms with Crippen molar-refractivity contribution in [2.45, 2.75) is 13.3 Å². The average Bonchev–Trinajstić information content (AvgIpc) is 2.47. The minimum Gasteiger partial charge on any atom is -0.448 e. The highest BCUT2D eigenvalue weighted by Crippen LogP contribution is 2.32. The molecule has 0 amide bonds. The maximum Gasteiger partial charge on any atom is 0.311 e. The molecule has 0 aliphatic heterocycles. The molecule has 0 aliphatic carbocycles. The number of pyridine rings is 1. The molecule has 6 nitrogen and oxygen atoms in total. The topological polar surface area (TPSA) is 77.3 Å². The maximum atomic E-state index is 11.1. The second kappa shape index (κ2) is 6.01. The molecule has 1 aromatic carbocycles. The van der Waals surface area contributed by atoms with Gasteiger partial charge in [0.15, 0.2) is 0 Å². The van der Waals surface area contributed by atoms with Crippen LogP contribution in [0.15, 0.2) is 36.7 Å². The highest BCUT2D eigenvalue weighted by molar-refractivity contribution is 5.52. The molecule has 20 heavy (non-hydrogen) atoms. The van der Waals surface area contributed by atoms with Crippen LogP contribution in [0, 0.1) is 10.1 Å². The molecule has 1 heterocycles. The van der Waals surface area contributed by atoms with Crippen LogP contribution in [0.1, 0.15) is 12.5 Å². The molecule has 2 rings (SSSR count). The lowest BCUT2D eigenvalue weighted by Crippen LogP contribution is -1.96. The maximum absolute atomic E-state index is 11.1. The van der Waals surface area contributed by atoms with Gasteiger partial charge in [0, 0.05) is 19.2 Å². The molecule has 0 saturated heterocycles. The monoisotopic (exact) mass is 273 g/mol. The Kier molecular flexibility index (Phi) is 4.14. The molecule has 6 heteroatoms. The second-order valence-electron chi connectivity index (χ2n) is 4.17. The van der Waals surface area contributed by atoms with E-state index in [0.717, 1.165) is 17.7 Å². The van der Waals surface area contributed by atoms with Crippen molar-refractivity contribution < 1.29 is 9.66 Å². The largest absolute Gasteiger partial charge is 0.448 e. The fourth-order valence-electron chi connectivity index (χ4n) is 1.75. The van der Waals surface area contributed by atoms with Crippen molar-refractivity contribution in [2.24, 2.45) is 0 Å². The number of anilines is 1. The van der Waals surface area contributed by atoms with Crippen molar-refractivity contribution in [1.29, 1.82) is 0 Å². The number of nitrogens with zero attached hydrogens (tertiary/aromatic N) is 2. The fourth-order valence-corrected chi connectivity index (χ4v) is 1.75. The zero-order chi connectivity index (χ0) is 14.5. The summed E-state index contributed by atoms with van der Waals surface area (Å²) in [5, 5.41) is 14.0. The zero-order valence-electron chi connectivity index (χ0n) is 11.3. The molecule has 0 saturated carbocycles. The van der Waals surface area contributed by atoms with Crippen molar-refractivity contribution in [3.05, 3.63) is 52.3 Å². The minimum atomic E-state index is -0.441. The first-order chi connectivity index (χ1) is 9.63. The van der Waals surface area contributed by atoms with Gasteiger partial charge in [-0.1, -0.05) is 13.0 Å². The van der Waals surface area contributed by atoms with Gasteiger partial charge in [-0.3, -0.25) is 15.1 Å². The van der Waals surface area contributed by atoms with E-state index >= 15 is 0 Å². The number of aryl methyl sites for hydroxylation is 1. The first-order valence-corrected chi connectivity index (χ1v) is 6.22. The third-order valence-electron chi connectivity index (χ3n) is 2.86. The van der Waals surface area contributed by atoms with E-state index in [1.54, 1.807) is 25.4 Å². The summed E-state index contributed by atoms with van der Waals surface area (Å²) in [6.07, 6.45) is 3.89. The number of nitrogens with one attached hydrogen (secondary N) is 1. The third-order valence-corrected chi connectivity index (χ3v) is 2.86. The molecule has 104 valence electrons. The number of benzene rings is 1. The van der Waals surface area contributed by atoms with Crippen LogP contribution in [0.3, 0.4) is 0 Å². The number of hydrogen-bond acceptors (Lipinski definition) is 5. The summed E-state index contributed by atoms with van der Waals surface area (Å²) in [5.74, 6) is 0.659. The zero-order valence-corrected chi connectivity index (χ0v) is 11.3. The van der Waals surface area contributed by atoms with E-state index in [0.29, 0.717) is 5.75 Å². The van der Waals surface area contributed by atoms with E-state index in [4.69, 9.17) is 4.74 Å². The lowest BCUT2D eigenvalue weighted by Gasteiger charge is -2.08. The SMILES string of the molecule is CCc1ccc(Oc2cncc(NC)c2)c([N+](=O)[O-])c1. The molecule has 0 unspecified atom stereocenters. The number of rotatable bonds is 5. The van der Waals surface area contributed by atoms with Crippen molar-refractivity contribution in [3.63, 3.8) is 0 Å². The van der Waals surface area contributed by atoms with Gasteiger partial charge in [-0.15, -0.1) is 0 Å². The van der Waals surface area contributed by atoms with Crippen LogP contribution < -0.4 is 10.1 Å². The van der Waals surface area contributed by atoms with Crippen LogP contribution in [0.4, 0.5) is 11.4 Å². The predicted molar refractivity (Wildman–Crippen MR) is 76.3 cm³/mol. The van der Waals surface area contributed by atoms with Gasteiger partial charge >= 0.3 is 5.69 Å². The molecule has 0 fully saturated rings. The van der Waals surface area contributed by atoms with Crippen LogP contribution >= 0.6 is 0 Å². The van der Waals surface area contributed by atoms with Gasteiger partial charge in [0.25, 0.3) is 0 Å². The van der Waals surface area contributed by atoms with E-state index in [9.17, 15) is 10.1 Å². The van der Waals surface area contributed by atoms with E-state index in [-0.39, 0.29) is 11.4 Å².